The van der Waals surface area contributed by atoms with Crippen molar-refractivity contribution < 1.29 is 9.84 Å². The summed E-state index contributed by atoms with van der Waals surface area (Å²) in [6.07, 6.45) is 1.05. The molecule has 0 aromatic heterocycles. The molecule has 2 rings (SSSR count). The summed E-state index contributed by atoms with van der Waals surface area (Å²) in [7, 11) is 1.57. The van der Waals surface area contributed by atoms with Crippen molar-refractivity contribution >= 4 is 0 Å². The SMILES string of the molecule is COc1cc(CN2CCC(N)C(C)C2)ccc1O. The number of phenolic OH excluding ortho intramolecular Hbond substituents is 1. The minimum Gasteiger partial charge on any atom is -0.504 e. The molecule has 1 aromatic carbocycles. The minimum atomic E-state index is 0.190. The van der Waals surface area contributed by atoms with Crippen LogP contribution in [-0.2, 0) is 6.54 Å². The maximum absolute atomic E-state index is 9.56. The van der Waals surface area contributed by atoms with Crippen molar-refractivity contribution in [1.82, 2.24) is 4.90 Å². The van der Waals surface area contributed by atoms with Crippen LogP contribution in [0.25, 0.3) is 0 Å². The summed E-state index contributed by atoms with van der Waals surface area (Å²) in [4.78, 5) is 2.40. The molecule has 0 bridgehead atoms. The summed E-state index contributed by atoms with van der Waals surface area (Å²) < 4.78 is 5.12. The van der Waals surface area contributed by atoms with E-state index in [0.717, 1.165) is 31.6 Å². The highest BCUT2D eigenvalue weighted by molar-refractivity contribution is 5.41. The van der Waals surface area contributed by atoms with Gasteiger partial charge in [-0.2, -0.15) is 0 Å². The number of ether oxygens (including phenoxy) is 1. The van der Waals surface area contributed by atoms with Gasteiger partial charge in [0.15, 0.2) is 11.5 Å². The Labute approximate surface area is 108 Å². The zero-order valence-electron chi connectivity index (χ0n) is 11.1. The summed E-state index contributed by atoms with van der Waals surface area (Å²) in [5, 5.41) is 9.56. The molecule has 1 aromatic rings. The van der Waals surface area contributed by atoms with Crippen molar-refractivity contribution in [1.29, 1.82) is 0 Å². The van der Waals surface area contributed by atoms with Crippen molar-refractivity contribution in [3.05, 3.63) is 23.8 Å². The van der Waals surface area contributed by atoms with Gasteiger partial charge in [-0.3, -0.25) is 4.90 Å². The predicted octanol–water partition coefficient (Wildman–Crippen LogP) is 1.57. The number of phenols is 1. The Balaban J connectivity index is 2.01. The fourth-order valence-corrected chi connectivity index (χ4v) is 2.47. The molecule has 0 aliphatic carbocycles. The zero-order valence-corrected chi connectivity index (χ0v) is 11.1. The van der Waals surface area contributed by atoms with Crippen LogP contribution in [0.4, 0.5) is 0 Å². The first-order valence-electron chi connectivity index (χ1n) is 6.44. The molecular weight excluding hydrogens is 228 g/mol. The van der Waals surface area contributed by atoms with Gasteiger partial charge in [0.25, 0.3) is 0 Å². The molecule has 0 saturated carbocycles. The van der Waals surface area contributed by atoms with Gasteiger partial charge in [-0.1, -0.05) is 13.0 Å². The lowest BCUT2D eigenvalue weighted by molar-refractivity contribution is 0.157. The average molecular weight is 250 g/mol. The number of hydrogen-bond acceptors (Lipinski definition) is 4. The lowest BCUT2D eigenvalue weighted by Crippen LogP contribution is -2.45. The monoisotopic (exact) mass is 250 g/mol. The summed E-state index contributed by atoms with van der Waals surface area (Å²) in [5.41, 5.74) is 7.18. The molecule has 0 radical (unpaired) electrons. The van der Waals surface area contributed by atoms with E-state index in [4.69, 9.17) is 10.5 Å². The molecule has 4 nitrogen and oxygen atoms in total. The van der Waals surface area contributed by atoms with Crippen molar-refractivity contribution in [2.24, 2.45) is 11.7 Å². The first-order chi connectivity index (χ1) is 8.60. The average Bonchev–Trinajstić information content (AvgIpc) is 2.36. The Hall–Kier alpha value is -1.26. The Bertz CT molecular complexity index is 409. The summed E-state index contributed by atoms with van der Waals surface area (Å²) in [5.74, 6) is 1.27. The van der Waals surface area contributed by atoms with Crippen LogP contribution in [0.1, 0.15) is 18.9 Å². The smallest absolute Gasteiger partial charge is 0.160 e. The van der Waals surface area contributed by atoms with E-state index in [1.165, 1.54) is 0 Å². The van der Waals surface area contributed by atoms with Gasteiger partial charge >= 0.3 is 0 Å². The van der Waals surface area contributed by atoms with Crippen molar-refractivity contribution in [2.75, 3.05) is 20.2 Å². The van der Waals surface area contributed by atoms with Crippen LogP contribution in [0.15, 0.2) is 18.2 Å². The van der Waals surface area contributed by atoms with Gasteiger partial charge in [0.1, 0.15) is 0 Å². The second kappa shape index (κ2) is 5.59. The molecule has 0 spiro atoms. The van der Waals surface area contributed by atoms with Gasteiger partial charge in [-0.25, -0.2) is 0 Å². The Morgan fingerprint density at radius 1 is 1.50 bits per heavy atom. The third-order valence-electron chi connectivity index (χ3n) is 3.71. The predicted molar refractivity (Wildman–Crippen MR) is 71.7 cm³/mol. The second-order valence-corrected chi connectivity index (χ2v) is 5.17. The molecule has 4 heteroatoms. The Morgan fingerprint density at radius 2 is 2.28 bits per heavy atom. The molecule has 2 unspecified atom stereocenters. The van der Waals surface area contributed by atoms with Crippen LogP contribution in [0, 0.1) is 5.92 Å². The van der Waals surface area contributed by atoms with E-state index in [9.17, 15) is 5.11 Å². The summed E-state index contributed by atoms with van der Waals surface area (Å²) >= 11 is 0. The number of nitrogens with two attached hydrogens (primary N) is 1. The molecule has 0 amide bonds. The molecule has 100 valence electrons. The van der Waals surface area contributed by atoms with Crippen molar-refractivity contribution in [3.8, 4) is 11.5 Å². The highest BCUT2D eigenvalue weighted by atomic mass is 16.5. The lowest BCUT2D eigenvalue weighted by Gasteiger charge is -2.35. The number of piperidine rings is 1. The van der Waals surface area contributed by atoms with E-state index in [1.807, 2.05) is 12.1 Å². The number of aromatic hydroxyl groups is 1. The second-order valence-electron chi connectivity index (χ2n) is 5.17. The van der Waals surface area contributed by atoms with Crippen molar-refractivity contribution in [2.45, 2.75) is 25.9 Å². The molecule has 3 N–H and O–H groups in total. The molecule has 1 fully saturated rings. The van der Waals surface area contributed by atoms with Gasteiger partial charge in [-0.15, -0.1) is 0 Å². The van der Waals surface area contributed by atoms with Crippen LogP contribution >= 0.6 is 0 Å². The molecule has 2 atom stereocenters. The molecule has 18 heavy (non-hydrogen) atoms. The Kier molecular flexibility index (Phi) is 4.09. The van der Waals surface area contributed by atoms with Gasteiger partial charge in [0.2, 0.25) is 0 Å². The molecule has 1 saturated heterocycles. The van der Waals surface area contributed by atoms with Gasteiger partial charge in [0.05, 0.1) is 7.11 Å². The minimum absolute atomic E-state index is 0.190. The molecule has 1 aliphatic heterocycles. The van der Waals surface area contributed by atoms with E-state index in [2.05, 4.69) is 11.8 Å². The Morgan fingerprint density at radius 3 is 2.94 bits per heavy atom. The molecule has 1 aliphatic rings. The third kappa shape index (κ3) is 2.94. The fraction of sp³-hybridized carbons (Fsp3) is 0.571. The first kappa shape index (κ1) is 13.2. The number of hydrogen-bond donors (Lipinski definition) is 2. The number of nitrogens with zero attached hydrogens (tertiary/aromatic N) is 1. The molecule has 1 heterocycles. The number of methoxy groups -OCH3 is 1. The van der Waals surface area contributed by atoms with E-state index < -0.39 is 0 Å². The van der Waals surface area contributed by atoms with E-state index in [-0.39, 0.29) is 5.75 Å². The maximum atomic E-state index is 9.56. The summed E-state index contributed by atoms with van der Waals surface area (Å²) in [6, 6.07) is 5.86. The van der Waals surface area contributed by atoms with Gasteiger partial charge in [-0.05, 0) is 36.6 Å². The number of likely N-dealkylation sites (tertiary alicyclic amines) is 1. The fourth-order valence-electron chi connectivity index (χ4n) is 2.47. The lowest BCUT2D eigenvalue weighted by atomic mass is 9.94. The topological polar surface area (TPSA) is 58.7 Å². The van der Waals surface area contributed by atoms with Crippen LogP contribution < -0.4 is 10.5 Å². The van der Waals surface area contributed by atoms with E-state index in [1.54, 1.807) is 13.2 Å². The quantitative estimate of drug-likeness (QED) is 0.855. The normalized spacial score (nSPS) is 25.1. The van der Waals surface area contributed by atoms with E-state index in [0.29, 0.717) is 17.7 Å². The zero-order chi connectivity index (χ0) is 13.1. The van der Waals surface area contributed by atoms with Gasteiger partial charge in [0, 0.05) is 19.1 Å². The maximum Gasteiger partial charge on any atom is 0.160 e. The standard InChI is InChI=1S/C14H22N2O2/c1-10-8-16(6-5-12(10)15)9-11-3-4-13(17)14(7-11)18-2/h3-4,7,10,12,17H,5-6,8-9,15H2,1-2H3. The number of rotatable bonds is 3. The number of benzene rings is 1. The van der Waals surface area contributed by atoms with Crippen LogP contribution in [-0.4, -0.2) is 36.2 Å². The summed E-state index contributed by atoms with van der Waals surface area (Å²) in [6.45, 7) is 5.15. The van der Waals surface area contributed by atoms with Crippen LogP contribution in [0.5, 0.6) is 11.5 Å². The van der Waals surface area contributed by atoms with Crippen LogP contribution in [0.3, 0.4) is 0 Å². The first-order valence-corrected chi connectivity index (χ1v) is 6.44. The van der Waals surface area contributed by atoms with Crippen molar-refractivity contribution in [3.63, 3.8) is 0 Å². The van der Waals surface area contributed by atoms with E-state index >= 15 is 0 Å². The molecular formula is C14H22N2O2. The van der Waals surface area contributed by atoms with Gasteiger partial charge < -0.3 is 15.6 Å². The largest absolute Gasteiger partial charge is 0.504 e. The third-order valence-corrected chi connectivity index (χ3v) is 3.71. The van der Waals surface area contributed by atoms with Crippen LogP contribution in [0.2, 0.25) is 0 Å². The highest BCUT2D eigenvalue weighted by Crippen LogP contribution is 2.27. The highest BCUT2D eigenvalue weighted by Gasteiger charge is 2.23.